The zero-order valence-electron chi connectivity index (χ0n) is 11.4. The summed E-state index contributed by atoms with van der Waals surface area (Å²) in [5, 5.41) is 23.0. The second-order valence-corrected chi connectivity index (χ2v) is 5.01. The maximum atomic E-state index is 11.2. The Labute approximate surface area is 121 Å². The third-order valence-corrected chi connectivity index (χ3v) is 3.20. The van der Waals surface area contributed by atoms with Gasteiger partial charge < -0.3 is 10.4 Å². The normalized spacial score (nSPS) is 11.9. The van der Waals surface area contributed by atoms with E-state index in [-0.39, 0.29) is 28.0 Å². The van der Waals surface area contributed by atoms with Crippen molar-refractivity contribution in [1.29, 1.82) is 0 Å². The molecule has 6 nitrogen and oxygen atoms in total. The first-order valence-electron chi connectivity index (χ1n) is 6.34. The average molecular weight is 301 g/mol. The van der Waals surface area contributed by atoms with Gasteiger partial charge in [-0.3, -0.25) is 10.1 Å². The van der Waals surface area contributed by atoms with Crippen molar-refractivity contribution in [2.24, 2.45) is 0 Å². The quantitative estimate of drug-likeness (QED) is 0.588. The molecule has 0 aliphatic rings. The van der Waals surface area contributed by atoms with E-state index >= 15 is 0 Å². The molecule has 0 aliphatic heterocycles. The summed E-state index contributed by atoms with van der Waals surface area (Å²) in [6.45, 7) is 3.98. The lowest BCUT2D eigenvalue weighted by molar-refractivity contribution is -0.384. The Morgan fingerprint density at radius 3 is 2.70 bits per heavy atom. The first-order chi connectivity index (χ1) is 9.36. The molecule has 1 aromatic rings. The van der Waals surface area contributed by atoms with Crippen LogP contribution in [0.4, 0.5) is 11.4 Å². The molecule has 1 unspecified atom stereocenters. The van der Waals surface area contributed by atoms with Crippen molar-refractivity contribution in [3.8, 4) is 0 Å². The van der Waals surface area contributed by atoms with Crippen LogP contribution in [-0.4, -0.2) is 22.0 Å². The molecule has 0 aromatic heterocycles. The predicted molar refractivity (Wildman–Crippen MR) is 77.7 cm³/mol. The molecule has 0 fully saturated rings. The van der Waals surface area contributed by atoms with Crippen LogP contribution >= 0.6 is 11.6 Å². The van der Waals surface area contributed by atoms with Crippen molar-refractivity contribution in [1.82, 2.24) is 0 Å². The van der Waals surface area contributed by atoms with Crippen molar-refractivity contribution < 1.29 is 14.8 Å². The van der Waals surface area contributed by atoms with Crippen LogP contribution in [-0.2, 0) is 0 Å². The van der Waals surface area contributed by atoms with Gasteiger partial charge in [-0.25, -0.2) is 4.79 Å². The number of rotatable bonds is 7. The van der Waals surface area contributed by atoms with Gasteiger partial charge in [0.05, 0.1) is 21.2 Å². The molecule has 1 aromatic carbocycles. The zero-order chi connectivity index (χ0) is 15.3. The lowest BCUT2D eigenvalue weighted by Crippen LogP contribution is -2.18. The summed E-state index contributed by atoms with van der Waals surface area (Å²) in [6, 6.07) is 2.21. The number of hydrogen-bond acceptors (Lipinski definition) is 4. The van der Waals surface area contributed by atoms with Crippen molar-refractivity contribution in [3.05, 3.63) is 32.8 Å². The summed E-state index contributed by atoms with van der Waals surface area (Å²) < 4.78 is 0. The Bertz CT molecular complexity index is 519. The number of benzene rings is 1. The van der Waals surface area contributed by atoms with Gasteiger partial charge in [-0.05, 0) is 13.3 Å². The highest BCUT2D eigenvalue weighted by atomic mass is 35.5. The SMILES string of the molecule is CCCCC(C)Nc1c(Cl)cc([N+](=O)[O-])cc1C(=O)O. The van der Waals surface area contributed by atoms with E-state index in [0.717, 1.165) is 31.4 Å². The highest BCUT2D eigenvalue weighted by Crippen LogP contribution is 2.32. The number of anilines is 1. The van der Waals surface area contributed by atoms with Gasteiger partial charge in [0.15, 0.2) is 0 Å². The summed E-state index contributed by atoms with van der Waals surface area (Å²) in [7, 11) is 0. The molecule has 0 radical (unpaired) electrons. The van der Waals surface area contributed by atoms with Crippen LogP contribution in [0, 0.1) is 10.1 Å². The van der Waals surface area contributed by atoms with Gasteiger partial charge in [0, 0.05) is 18.2 Å². The maximum Gasteiger partial charge on any atom is 0.338 e. The first-order valence-corrected chi connectivity index (χ1v) is 6.72. The summed E-state index contributed by atoms with van der Waals surface area (Å²) in [6.07, 6.45) is 2.90. The standard InChI is InChI=1S/C13H17ClN2O4/c1-3-4-5-8(2)15-12-10(13(17)18)6-9(16(19)20)7-11(12)14/h6-8,15H,3-5H2,1-2H3,(H,17,18). The minimum Gasteiger partial charge on any atom is -0.478 e. The summed E-state index contributed by atoms with van der Waals surface area (Å²) in [4.78, 5) is 21.3. The lowest BCUT2D eigenvalue weighted by atomic mass is 10.1. The lowest BCUT2D eigenvalue weighted by Gasteiger charge is -2.17. The monoisotopic (exact) mass is 300 g/mol. The van der Waals surface area contributed by atoms with Crippen LogP contribution in [0.25, 0.3) is 0 Å². The van der Waals surface area contributed by atoms with Gasteiger partial charge in [-0.15, -0.1) is 0 Å². The van der Waals surface area contributed by atoms with Crippen LogP contribution in [0.15, 0.2) is 12.1 Å². The van der Waals surface area contributed by atoms with Crippen LogP contribution in [0.3, 0.4) is 0 Å². The van der Waals surface area contributed by atoms with E-state index in [2.05, 4.69) is 12.2 Å². The molecule has 0 amide bonds. The molecular weight excluding hydrogens is 284 g/mol. The Morgan fingerprint density at radius 2 is 2.20 bits per heavy atom. The number of carbonyl (C=O) groups is 1. The fourth-order valence-electron chi connectivity index (χ4n) is 1.84. The van der Waals surface area contributed by atoms with Gasteiger partial charge in [-0.2, -0.15) is 0 Å². The van der Waals surface area contributed by atoms with Gasteiger partial charge in [0.25, 0.3) is 5.69 Å². The zero-order valence-corrected chi connectivity index (χ0v) is 12.1. The Balaban J connectivity index is 3.11. The molecule has 2 N–H and O–H groups in total. The van der Waals surface area contributed by atoms with E-state index in [1.54, 1.807) is 0 Å². The molecule has 0 saturated carbocycles. The number of halogens is 1. The van der Waals surface area contributed by atoms with Crippen molar-refractivity contribution in [2.45, 2.75) is 39.2 Å². The van der Waals surface area contributed by atoms with E-state index in [1.807, 2.05) is 6.92 Å². The molecule has 110 valence electrons. The van der Waals surface area contributed by atoms with Crippen molar-refractivity contribution >= 4 is 28.9 Å². The highest BCUT2D eigenvalue weighted by Gasteiger charge is 2.21. The van der Waals surface area contributed by atoms with E-state index in [9.17, 15) is 14.9 Å². The highest BCUT2D eigenvalue weighted by molar-refractivity contribution is 6.34. The minimum atomic E-state index is -1.25. The molecule has 7 heteroatoms. The number of carboxylic acid groups (broad SMARTS) is 1. The number of aromatic carboxylic acids is 1. The minimum absolute atomic E-state index is 0.0343. The topological polar surface area (TPSA) is 92.5 Å². The van der Waals surface area contributed by atoms with Crippen molar-refractivity contribution in [3.63, 3.8) is 0 Å². The summed E-state index contributed by atoms with van der Waals surface area (Å²) in [5.41, 5.74) is -0.292. The molecule has 0 heterocycles. The van der Waals surface area contributed by atoms with Gasteiger partial charge in [0.2, 0.25) is 0 Å². The number of nitrogens with zero attached hydrogens (tertiary/aromatic N) is 1. The Morgan fingerprint density at radius 1 is 1.55 bits per heavy atom. The number of non-ortho nitro benzene ring substituents is 1. The van der Waals surface area contributed by atoms with Crippen molar-refractivity contribution in [2.75, 3.05) is 5.32 Å². The number of unbranched alkanes of at least 4 members (excludes halogenated alkanes) is 1. The van der Waals surface area contributed by atoms with E-state index < -0.39 is 10.9 Å². The van der Waals surface area contributed by atoms with E-state index in [4.69, 9.17) is 16.7 Å². The fourth-order valence-corrected chi connectivity index (χ4v) is 2.11. The van der Waals surface area contributed by atoms with Gasteiger partial charge >= 0.3 is 5.97 Å². The third-order valence-electron chi connectivity index (χ3n) is 2.90. The summed E-state index contributed by atoms with van der Waals surface area (Å²) in [5.74, 6) is -1.25. The fraction of sp³-hybridized carbons (Fsp3) is 0.462. The molecule has 0 aliphatic carbocycles. The molecule has 20 heavy (non-hydrogen) atoms. The number of nitrogens with one attached hydrogen (secondary N) is 1. The number of nitro groups is 1. The average Bonchev–Trinajstić information content (AvgIpc) is 2.37. The van der Waals surface area contributed by atoms with Gasteiger partial charge in [-0.1, -0.05) is 31.4 Å². The molecule has 0 saturated heterocycles. The molecule has 1 atom stereocenters. The van der Waals surface area contributed by atoms with Gasteiger partial charge in [0.1, 0.15) is 0 Å². The second kappa shape index (κ2) is 7.09. The molecule has 1 rings (SSSR count). The third kappa shape index (κ3) is 4.09. The van der Waals surface area contributed by atoms with Crippen LogP contribution in [0.5, 0.6) is 0 Å². The number of hydrogen-bond donors (Lipinski definition) is 2. The molecule has 0 spiro atoms. The Kier molecular flexibility index (Phi) is 5.76. The number of carboxylic acids is 1. The predicted octanol–water partition coefficient (Wildman–Crippen LogP) is 3.94. The smallest absolute Gasteiger partial charge is 0.338 e. The van der Waals surface area contributed by atoms with E-state index in [1.165, 1.54) is 0 Å². The van der Waals surface area contributed by atoms with Crippen LogP contribution in [0.2, 0.25) is 5.02 Å². The molecule has 0 bridgehead atoms. The second-order valence-electron chi connectivity index (χ2n) is 4.60. The molecular formula is C13H17ClN2O4. The van der Waals surface area contributed by atoms with Crippen LogP contribution in [0.1, 0.15) is 43.5 Å². The first kappa shape index (κ1) is 16.2. The number of nitro benzene ring substituents is 1. The summed E-state index contributed by atoms with van der Waals surface area (Å²) >= 11 is 5.97. The Hall–Kier alpha value is -1.82. The maximum absolute atomic E-state index is 11.2. The largest absolute Gasteiger partial charge is 0.478 e. The van der Waals surface area contributed by atoms with Crippen LogP contribution < -0.4 is 5.32 Å². The van der Waals surface area contributed by atoms with E-state index in [0.29, 0.717) is 0 Å².